The number of ether oxygens (including phenoxy) is 2. The van der Waals surface area contributed by atoms with Crippen LogP contribution in [0.5, 0.6) is 11.5 Å². The molecule has 0 atom stereocenters. The van der Waals surface area contributed by atoms with Gasteiger partial charge in [0, 0.05) is 18.2 Å². The van der Waals surface area contributed by atoms with Crippen molar-refractivity contribution >= 4 is 35.0 Å². The highest BCUT2D eigenvalue weighted by Gasteiger charge is 2.29. The lowest BCUT2D eigenvalue weighted by molar-refractivity contribution is -0.384. The molecule has 0 aliphatic carbocycles. The number of non-ortho nitro benzene ring substituents is 1. The van der Waals surface area contributed by atoms with E-state index in [4.69, 9.17) is 21.7 Å². The van der Waals surface area contributed by atoms with E-state index in [0.717, 1.165) is 11.1 Å². The molecule has 0 aromatic heterocycles. The highest BCUT2D eigenvalue weighted by molar-refractivity contribution is 7.80. The van der Waals surface area contributed by atoms with Gasteiger partial charge in [-0.05, 0) is 49.0 Å². The van der Waals surface area contributed by atoms with Gasteiger partial charge in [0.15, 0.2) is 5.11 Å². The molecule has 0 spiro atoms. The van der Waals surface area contributed by atoms with Gasteiger partial charge in [-0.2, -0.15) is 0 Å². The van der Waals surface area contributed by atoms with Crippen molar-refractivity contribution in [3.05, 3.63) is 69.4 Å². The van der Waals surface area contributed by atoms with E-state index in [2.05, 4.69) is 5.32 Å². The molecule has 0 bridgehead atoms. The quantitative estimate of drug-likeness (QED) is 0.322. The number of hydrogen-bond acceptors (Lipinski definition) is 6. The minimum absolute atomic E-state index is 0.0461. The van der Waals surface area contributed by atoms with Gasteiger partial charge in [0.2, 0.25) is 0 Å². The van der Waals surface area contributed by atoms with E-state index in [1.165, 1.54) is 17.0 Å². The first-order valence-electron chi connectivity index (χ1n) is 8.81. The summed E-state index contributed by atoms with van der Waals surface area (Å²) in [4.78, 5) is 24.3. The first kappa shape index (κ1) is 20.3. The maximum Gasteiger partial charge on any atom is 0.276 e. The Morgan fingerprint density at radius 2 is 2.07 bits per heavy atom. The molecule has 1 fully saturated rings. The number of nitro groups is 1. The molecule has 1 amide bonds. The van der Waals surface area contributed by atoms with Gasteiger partial charge >= 0.3 is 0 Å². The van der Waals surface area contributed by atoms with E-state index in [9.17, 15) is 14.9 Å². The van der Waals surface area contributed by atoms with E-state index in [1.54, 1.807) is 31.4 Å². The van der Waals surface area contributed by atoms with Crippen LogP contribution >= 0.6 is 12.2 Å². The molecule has 1 aliphatic heterocycles. The number of rotatable bonds is 7. The second-order valence-corrected chi connectivity index (χ2v) is 6.54. The van der Waals surface area contributed by atoms with Crippen molar-refractivity contribution in [1.82, 2.24) is 10.2 Å². The van der Waals surface area contributed by atoms with Gasteiger partial charge in [-0.3, -0.25) is 19.8 Å². The topological polar surface area (TPSA) is 93.9 Å². The first-order chi connectivity index (χ1) is 13.9. The predicted octanol–water partition coefficient (Wildman–Crippen LogP) is 3.26. The van der Waals surface area contributed by atoms with Crippen molar-refractivity contribution in [1.29, 1.82) is 0 Å². The zero-order chi connectivity index (χ0) is 21.0. The average molecular weight is 413 g/mol. The van der Waals surface area contributed by atoms with Gasteiger partial charge in [-0.1, -0.05) is 12.1 Å². The van der Waals surface area contributed by atoms with Gasteiger partial charge in [0.25, 0.3) is 11.6 Å². The summed E-state index contributed by atoms with van der Waals surface area (Å²) in [5.41, 5.74) is 1.84. The van der Waals surface area contributed by atoms with E-state index in [0.29, 0.717) is 28.9 Å². The summed E-state index contributed by atoms with van der Waals surface area (Å²) in [6.45, 7) is 2.49. The van der Waals surface area contributed by atoms with Crippen LogP contribution in [0.1, 0.15) is 18.1 Å². The lowest BCUT2D eigenvalue weighted by Gasteiger charge is -2.11. The van der Waals surface area contributed by atoms with Gasteiger partial charge in [0.1, 0.15) is 23.8 Å². The van der Waals surface area contributed by atoms with Crippen molar-refractivity contribution in [3.63, 3.8) is 0 Å². The normalized spacial score (nSPS) is 14.8. The third-order valence-corrected chi connectivity index (χ3v) is 4.64. The standard InChI is InChI=1S/C20H19N3O5S/c1-3-22-19(24)17(21-20(22)29)10-13-7-8-18(27-2)14(9-13)12-28-16-6-4-5-15(11-16)23(25)26/h4-11H,3,12H2,1-2H3,(H,21,29)/b17-10+. The Morgan fingerprint density at radius 1 is 1.28 bits per heavy atom. The van der Waals surface area contributed by atoms with Crippen LogP contribution in [0.3, 0.4) is 0 Å². The summed E-state index contributed by atoms with van der Waals surface area (Å²) < 4.78 is 11.1. The van der Waals surface area contributed by atoms with Gasteiger partial charge in [-0.15, -0.1) is 0 Å². The molecule has 2 aromatic carbocycles. The molecular weight excluding hydrogens is 394 g/mol. The minimum Gasteiger partial charge on any atom is -0.496 e. The SMILES string of the molecule is CCN1C(=O)/C(=C\c2ccc(OC)c(COc3cccc([N+](=O)[O-])c3)c2)NC1=S. The highest BCUT2D eigenvalue weighted by Crippen LogP contribution is 2.25. The average Bonchev–Trinajstić information content (AvgIpc) is 2.99. The molecule has 29 heavy (non-hydrogen) atoms. The van der Waals surface area contributed by atoms with E-state index in [-0.39, 0.29) is 18.2 Å². The van der Waals surface area contributed by atoms with Crippen molar-refractivity contribution in [2.24, 2.45) is 0 Å². The van der Waals surface area contributed by atoms with Crippen LogP contribution < -0.4 is 14.8 Å². The summed E-state index contributed by atoms with van der Waals surface area (Å²) in [6, 6.07) is 11.4. The number of carbonyl (C=O) groups is 1. The number of nitrogens with one attached hydrogen (secondary N) is 1. The van der Waals surface area contributed by atoms with Crippen LogP contribution in [-0.2, 0) is 11.4 Å². The fourth-order valence-electron chi connectivity index (χ4n) is 2.87. The second kappa shape index (κ2) is 8.70. The number of nitrogens with zero attached hydrogens (tertiary/aromatic N) is 2. The van der Waals surface area contributed by atoms with Gasteiger partial charge in [0.05, 0.1) is 18.1 Å². The lowest BCUT2D eigenvalue weighted by Crippen LogP contribution is -2.30. The molecule has 2 aromatic rings. The number of carbonyl (C=O) groups excluding carboxylic acids is 1. The Bertz CT molecular complexity index is 1010. The fraction of sp³-hybridized carbons (Fsp3) is 0.200. The summed E-state index contributed by atoms with van der Waals surface area (Å²) in [5.74, 6) is 0.804. The molecule has 3 rings (SSSR count). The molecule has 1 N–H and O–H groups in total. The number of hydrogen-bond donors (Lipinski definition) is 1. The van der Waals surface area contributed by atoms with Gasteiger partial charge in [-0.25, -0.2) is 0 Å². The van der Waals surface area contributed by atoms with Crippen LogP contribution in [0.4, 0.5) is 5.69 Å². The lowest BCUT2D eigenvalue weighted by atomic mass is 10.1. The number of benzene rings is 2. The van der Waals surface area contributed by atoms with Crippen molar-refractivity contribution in [3.8, 4) is 11.5 Å². The van der Waals surface area contributed by atoms with Crippen LogP contribution in [-0.4, -0.2) is 34.5 Å². The third kappa shape index (κ3) is 4.52. The van der Waals surface area contributed by atoms with Gasteiger partial charge < -0.3 is 14.8 Å². The number of nitro benzene ring substituents is 1. The molecule has 1 heterocycles. The molecule has 1 aliphatic rings. The molecule has 0 radical (unpaired) electrons. The number of thiocarbonyl (C=S) groups is 1. The fourth-order valence-corrected chi connectivity index (χ4v) is 3.20. The van der Waals surface area contributed by atoms with E-state index >= 15 is 0 Å². The largest absolute Gasteiger partial charge is 0.496 e. The van der Waals surface area contributed by atoms with Crippen molar-refractivity contribution < 1.29 is 19.2 Å². The molecule has 1 saturated heterocycles. The number of methoxy groups -OCH3 is 1. The Labute approximate surface area is 172 Å². The Kier molecular flexibility index (Phi) is 6.08. The van der Waals surface area contributed by atoms with Crippen molar-refractivity contribution in [2.75, 3.05) is 13.7 Å². The summed E-state index contributed by atoms with van der Waals surface area (Å²) in [6.07, 6.45) is 1.71. The first-order valence-corrected chi connectivity index (χ1v) is 9.22. The molecule has 150 valence electrons. The zero-order valence-corrected chi connectivity index (χ0v) is 16.7. The zero-order valence-electron chi connectivity index (χ0n) is 15.9. The third-order valence-electron chi connectivity index (χ3n) is 4.32. The van der Waals surface area contributed by atoms with Crippen molar-refractivity contribution in [2.45, 2.75) is 13.5 Å². The smallest absolute Gasteiger partial charge is 0.276 e. The van der Waals surface area contributed by atoms with Crippen LogP contribution in [0.2, 0.25) is 0 Å². The highest BCUT2D eigenvalue weighted by atomic mass is 32.1. The monoisotopic (exact) mass is 413 g/mol. The number of amides is 1. The second-order valence-electron chi connectivity index (χ2n) is 6.15. The number of likely N-dealkylation sites (N-methyl/N-ethyl adjacent to an activating group) is 1. The van der Waals surface area contributed by atoms with Crippen LogP contribution in [0, 0.1) is 10.1 Å². The Morgan fingerprint density at radius 3 is 2.72 bits per heavy atom. The molecule has 0 saturated carbocycles. The summed E-state index contributed by atoms with van der Waals surface area (Å²) in [5, 5.41) is 14.2. The summed E-state index contributed by atoms with van der Waals surface area (Å²) >= 11 is 5.17. The van der Waals surface area contributed by atoms with Crippen LogP contribution in [0.15, 0.2) is 48.2 Å². The van der Waals surface area contributed by atoms with E-state index < -0.39 is 4.92 Å². The molecule has 9 heteroatoms. The van der Waals surface area contributed by atoms with E-state index in [1.807, 2.05) is 19.1 Å². The van der Waals surface area contributed by atoms with Crippen LogP contribution in [0.25, 0.3) is 6.08 Å². The maximum absolute atomic E-state index is 12.4. The predicted molar refractivity (Wildman–Crippen MR) is 112 cm³/mol. The molecule has 8 nitrogen and oxygen atoms in total. The maximum atomic E-state index is 12.4. The molecular formula is C20H19N3O5S. The summed E-state index contributed by atoms with van der Waals surface area (Å²) in [7, 11) is 1.55. The minimum atomic E-state index is -0.476. The Balaban J connectivity index is 1.82. The Hall–Kier alpha value is -3.46. The molecule has 0 unspecified atom stereocenters.